The molecule has 1 heterocycles. The Bertz CT molecular complexity index is 136. The zero-order valence-corrected chi connectivity index (χ0v) is 7.36. The monoisotopic (exact) mass is 174 g/mol. The van der Waals surface area contributed by atoms with Crippen molar-refractivity contribution in [1.82, 2.24) is 0 Å². The Morgan fingerprint density at radius 3 is 2.08 bits per heavy atom. The summed E-state index contributed by atoms with van der Waals surface area (Å²) in [4.78, 5) is 10.5. The highest BCUT2D eigenvalue weighted by molar-refractivity contribution is 5.53. The number of hydrogen-bond acceptors (Lipinski definition) is 4. The predicted octanol–water partition coefficient (Wildman–Crippen LogP) is 0.557. The maximum absolute atomic E-state index is 10.5. The summed E-state index contributed by atoms with van der Waals surface area (Å²) in [7, 11) is 3.12. The number of rotatable bonds is 3. The van der Waals surface area contributed by atoms with Gasteiger partial charge in [-0.25, -0.2) is 0 Å². The molecule has 70 valence electrons. The zero-order chi connectivity index (χ0) is 8.97. The van der Waals surface area contributed by atoms with E-state index in [2.05, 4.69) is 0 Å². The minimum atomic E-state index is -0.307. The second-order valence-electron chi connectivity index (χ2n) is 2.83. The third-order valence-corrected chi connectivity index (χ3v) is 2.01. The molecule has 0 N–H and O–H groups in total. The van der Waals surface area contributed by atoms with Gasteiger partial charge in [-0.05, 0) is 0 Å². The standard InChI is InChI=1S/C8H14O4/c1-10-7-3-6(5-9)4-8(11-2)12-7/h5-8H,3-4H2,1-2H3/t7-,8-/m0/s1. The van der Waals surface area contributed by atoms with Crippen molar-refractivity contribution in [2.75, 3.05) is 14.2 Å². The fourth-order valence-corrected chi connectivity index (χ4v) is 1.29. The van der Waals surface area contributed by atoms with Crippen molar-refractivity contribution in [1.29, 1.82) is 0 Å². The molecule has 0 saturated carbocycles. The van der Waals surface area contributed by atoms with Crippen LogP contribution in [0.25, 0.3) is 0 Å². The van der Waals surface area contributed by atoms with Crippen LogP contribution in [0.4, 0.5) is 0 Å². The highest BCUT2D eigenvalue weighted by atomic mass is 16.8. The SMILES string of the molecule is CO[C@@H]1CC(C=O)C[C@@H](OC)O1. The first-order chi connectivity index (χ1) is 5.80. The summed E-state index contributed by atoms with van der Waals surface area (Å²) in [6.07, 6.45) is 1.57. The van der Waals surface area contributed by atoms with Crippen LogP contribution in [0.15, 0.2) is 0 Å². The molecule has 1 aliphatic rings. The molecule has 0 aromatic rings. The molecule has 4 nitrogen and oxygen atoms in total. The van der Waals surface area contributed by atoms with Gasteiger partial charge in [0.05, 0.1) is 0 Å². The van der Waals surface area contributed by atoms with Crippen molar-refractivity contribution in [2.24, 2.45) is 5.92 Å². The molecule has 0 aromatic carbocycles. The van der Waals surface area contributed by atoms with Crippen molar-refractivity contribution in [3.63, 3.8) is 0 Å². The van der Waals surface area contributed by atoms with Gasteiger partial charge in [0.1, 0.15) is 6.29 Å². The van der Waals surface area contributed by atoms with Crippen LogP contribution in [-0.4, -0.2) is 33.1 Å². The molecule has 0 unspecified atom stereocenters. The lowest BCUT2D eigenvalue weighted by Crippen LogP contribution is -2.35. The molecule has 0 spiro atoms. The van der Waals surface area contributed by atoms with Crippen LogP contribution in [0.3, 0.4) is 0 Å². The Balaban J connectivity index is 2.46. The van der Waals surface area contributed by atoms with Crippen LogP contribution >= 0.6 is 0 Å². The number of hydrogen-bond donors (Lipinski definition) is 0. The van der Waals surface area contributed by atoms with Gasteiger partial charge in [0.2, 0.25) is 0 Å². The van der Waals surface area contributed by atoms with E-state index in [1.165, 1.54) is 0 Å². The molecule has 1 rings (SSSR count). The summed E-state index contributed by atoms with van der Waals surface area (Å²) in [5.74, 6) is -0.00588. The molecule has 0 radical (unpaired) electrons. The van der Waals surface area contributed by atoms with Crippen molar-refractivity contribution in [3.05, 3.63) is 0 Å². The van der Waals surface area contributed by atoms with E-state index in [1.54, 1.807) is 14.2 Å². The zero-order valence-electron chi connectivity index (χ0n) is 7.36. The number of carbonyl (C=O) groups is 1. The van der Waals surface area contributed by atoms with Crippen molar-refractivity contribution in [2.45, 2.75) is 25.4 Å². The van der Waals surface area contributed by atoms with Crippen molar-refractivity contribution >= 4 is 6.29 Å². The van der Waals surface area contributed by atoms with Gasteiger partial charge in [-0.2, -0.15) is 0 Å². The topological polar surface area (TPSA) is 44.8 Å². The molecule has 1 fully saturated rings. The molecule has 0 aliphatic carbocycles. The third-order valence-electron chi connectivity index (χ3n) is 2.01. The fourth-order valence-electron chi connectivity index (χ4n) is 1.29. The summed E-state index contributed by atoms with van der Waals surface area (Å²) in [6.45, 7) is 0. The minimum absolute atomic E-state index is 0.00588. The van der Waals surface area contributed by atoms with Crippen molar-refractivity contribution < 1.29 is 19.0 Å². The Morgan fingerprint density at radius 2 is 1.75 bits per heavy atom. The average molecular weight is 174 g/mol. The predicted molar refractivity (Wildman–Crippen MR) is 41.5 cm³/mol. The van der Waals surface area contributed by atoms with E-state index in [-0.39, 0.29) is 18.5 Å². The molecule has 1 aliphatic heterocycles. The quantitative estimate of drug-likeness (QED) is 0.586. The van der Waals surface area contributed by atoms with Crippen LogP contribution in [0.1, 0.15) is 12.8 Å². The van der Waals surface area contributed by atoms with Gasteiger partial charge in [0.15, 0.2) is 12.6 Å². The first-order valence-corrected chi connectivity index (χ1v) is 3.96. The Kier molecular flexibility index (Phi) is 3.65. The van der Waals surface area contributed by atoms with Crippen molar-refractivity contribution in [3.8, 4) is 0 Å². The largest absolute Gasteiger partial charge is 0.356 e. The summed E-state index contributed by atoms with van der Waals surface area (Å²) < 4.78 is 15.3. The molecule has 2 atom stereocenters. The van der Waals surface area contributed by atoms with Gasteiger partial charge in [0, 0.05) is 33.0 Å². The molecule has 0 amide bonds. The lowest BCUT2D eigenvalue weighted by atomic mass is 10.0. The van der Waals surface area contributed by atoms with E-state index in [4.69, 9.17) is 14.2 Å². The molecule has 1 saturated heterocycles. The van der Waals surface area contributed by atoms with E-state index >= 15 is 0 Å². The summed E-state index contributed by atoms with van der Waals surface area (Å²) >= 11 is 0. The van der Waals surface area contributed by atoms with E-state index in [1.807, 2.05) is 0 Å². The lowest BCUT2D eigenvalue weighted by molar-refractivity contribution is -0.259. The van der Waals surface area contributed by atoms with Gasteiger partial charge in [-0.15, -0.1) is 0 Å². The summed E-state index contributed by atoms with van der Waals surface area (Å²) in [5.41, 5.74) is 0. The highest BCUT2D eigenvalue weighted by Gasteiger charge is 2.28. The second-order valence-corrected chi connectivity index (χ2v) is 2.83. The molecule has 12 heavy (non-hydrogen) atoms. The number of methoxy groups -OCH3 is 2. The number of carbonyl (C=O) groups excluding carboxylic acids is 1. The first-order valence-electron chi connectivity index (χ1n) is 3.96. The molecule has 0 bridgehead atoms. The molecular formula is C8H14O4. The third kappa shape index (κ3) is 2.27. The van der Waals surface area contributed by atoms with Crippen LogP contribution in [-0.2, 0) is 19.0 Å². The summed E-state index contributed by atoms with van der Waals surface area (Å²) in [5, 5.41) is 0. The van der Waals surface area contributed by atoms with E-state index in [9.17, 15) is 4.79 Å². The summed E-state index contributed by atoms with van der Waals surface area (Å²) in [6, 6.07) is 0. The van der Waals surface area contributed by atoms with Crippen LogP contribution < -0.4 is 0 Å². The van der Waals surface area contributed by atoms with Gasteiger partial charge < -0.3 is 19.0 Å². The molecule has 4 heteroatoms. The smallest absolute Gasteiger partial charge is 0.161 e. The maximum Gasteiger partial charge on any atom is 0.161 e. The van der Waals surface area contributed by atoms with Gasteiger partial charge >= 0.3 is 0 Å². The second kappa shape index (κ2) is 4.54. The first kappa shape index (κ1) is 9.64. The van der Waals surface area contributed by atoms with Crippen LogP contribution in [0.2, 0.25) is 0 Å². The van der Waals surface area contributed by atoms with Crippen LogP contribution in [0, 0.1) is 5.92 Å². The Hall–Kier alpha value is -0.450. The van der Waals surface area contributed by atoms with E-state index in [0.29, 0.717) is 12.8 Å². The van der Waals surface area contributed by atoms with Gasteiger partial charge in [-0.1, -0.05) is 0 Å². The molecular weight excluding hydrogens is 160 g/mol. The lowest BCUT2D eigenvalue weighted by Gasteiger charge is -2.31. The maximum atomic E-state index is 10.5. The van der Waals surface area contributed by atoms with Crippen LogP contribution in [0.5, 0.6) is 0 Å². The number of aldehydes is 1. The highest BCUT2D eigenvalue weighted by Crippen LogP contribution is 2.23. The van der Waals surface area contributed by atoms with Gasteiger partial charge in [0.25, 0.3) is 0 Å². The fraction of sp³-hybridized carbons (Fsp3) is 0.875. The van der Waals surface area contributed by atoms with E-state index in [0.717, 1.165) is 6.29 Å². The normalized spacial score (nSPS) is 36.3. The Labute approximate surface area is 71.8 Å². The van der Waals surface area contributed by atoms with E-state index < -0.39 is 0 Å². The number of ether oxygens (including phenoxy) is 3. The average Bonchev–Trinajstić information content (AvgIpc) is 2.16. The van der Waals surface area contributed by atoms with Gasteiger partial charge in [-0.3, -0.25) is 0 Å². The Morgan fingerprint density at radius 1 is 1.25 bits per heavy atom. The minimum Gasteiger partial charge on any atom is -0.356 e. The molecule has 0 aromatic heterocycles.